The number of aromatic nitrogens is 3. The third-order valence-electron chi connectivity index (χ3n) is 6.66. The number of rotatable bonds is 9. The summed E-state index contributed by atoms with van der Waals surface area (Å²) < 4.78 is 7.02. The van der Waals surface area contributed by atoms with Crippen molar-refractivity contribution in [3.05, 3.63) is 88.4 Å². The van der Waals surface area contributed by atoms with Crippen molar-refractivity contribution in [2.45, 2.75) is 59.9 Å². The number of nitrogens with one attached hydrogen (secondary N) is 1. The lowest BCUT2D eigenvalue weighted by molar-refractivity contribution is -0.143. The Bertz CT molecular complexity index is 1410. The third kappa shape index (κ3) is 5.88. The van der Waals surface area contributed by atoms with Gasteiger partial charge in [-0.25, -0.2) is 9.50 Å². The van der Waals surface area contributed by atoms with E-state index in [2.05, 4.69) is 17.4 Å². The molecule has 0 radical (unpaired) electrons. The summed E-state index contributed by atoms with van der Waals surface area (Å²) in [6.45, 7) is 10.1. The van der Waals surface area contributed by atoms with E-state index in [1.807, 2.05) is 74.7 Å². The smallest absolute Gasteiger partial charge is 0.308 e. The Hall–Kier alpha value is -4.00. The first-order chi connectivity index (χ1) is 17.8. The average molecular weight is 499 g/mol. The monoisotopic (exact) mass is 498 g/mol. The molecule has 2 aromatic heterocycles. The van der Waals surface area contributed by atoms with Crippen LogP contribution in [0.15, 0.2) is 54.6 Å². The number of nitrogens with zero attached hydrogens (tertiary/aromatic N) is 3. The van der Waals surface area contributed by atoms with E-state index >= 15 is 0 Å². The van der Waals surface area contributed by atoms with Gasteiger partial charge in [0.25, 0.3) is 0 Å². The van der Waals surface area contributed by atoms with Gasteiger partial charge < -0.3 is 10.1 Å². The zero-order valence-electron chi connectivity index (χ0n) is 22.2. The average Bonchev–Trinajstić information content (AvgIpc) is 3.20. The second-order valence-corrected chi connectivity index (χ2v) is 9.36. The number of carbonyl (C=O) groups is 2. The molecule has 1 N–H and O–H groups in total. The summed E-state index contributed by atoms with van der Waals surface area (Å²) >= 11 is 0. The van der Waals surface area contributed by atoms with Crippen LogP contribution >= 0.6 is 0 Å². The normalized spacial score (nSPS) is 11.9. The Morgan fingerprint density at radius 3 is 2.35 bits per heavy atom. The van der Waals surface area contributed by atoms with Gasteiger partial charge in [-0.05, 0) is 57.7 Å². The lowest BCUT2D eigenvalue weighted by atomic mass is 10.0. The minimum absolute atomic E-state index is 0.0863. The molecule has 2 heterocycles. The number of ether oxygens (including phenoxy) is 1. The van der Waals surface area contributed by atoms with E-state index in [1.165, 1.54) is 0 Å². The summed E-state index contributed by atoms with van der Waals surface area (Å²) in [5.41, 5.74) is 8.69. The van der Waals surface area contributed by atoms with Crippen LogP contribution in [0.4, 0.5) is 0 Å². The first kappa shape index (κ1) is 26.1. The molecule has 0 aliphatic heterocycles. The summed E-state index contributed by atoms with van der Waals surface area (Å²) in [5, 5.41) is 7.81. The minimum Gasteiger partial charge on any atom is -0.466 e. The molecule has 0 spiro atoms. The topological polar surface area (TPSA) is 85.6 Å². The fraction of sp³-hybridized carbons (Fsp3) is 0.333. The second kappa shape index (κ2) is 11.4. The van der Waals surface area contributed by atoms with Crippen LogP contribution in [-0.2, 0) is 20.7 Å². The van der Waals surface area contributed by atoms with Crippen molar-refractivity contribution < 1.29 is 14.3 Å². The van der Waals surface area contributed by atoms with E-state index in [0.29, 0.717) is 13.0 Å². The predicted molar refractivity (Wildman–Crippen MR) is 144 cm³/mol. The molecule has 4 rings (SSSR count). The number of esters is 1. The van der Waals surface area contributed by atoms with Crippen LogP contribution in [-0.4, -0.2) is 33.1 Å². The van der Waals surface area contributed by atoms with E-state index in [9.17, 15) is 9.59 Å². The highest BCUT2D eigenvalue weighted by Gasteiger charge is 2.21. The van der Waals surface area contributed by atoms with Gasteiger partial charge in [0.2, 0.25) is 5.91 Å². The van der Waals surface area contributed by atoms with Crippen molar-refractivity contribution in [1.82, 2.24) is 19.9 Å². The molecule has 1 amide bonds. The lowest BCUT2D eigenvalue weighted by Gasteiger charge is -2.19. The Kier molecular flexibility index (Phi) is 8.01. The molecule has 37 heavy (non-hydrogen) atoms. The third-order valence-corrected chi connectivity index (χ3v) is 6.66. The first-order valence-electron chi connectivity index (χ1n) is 12.7. The molecule has 4 aromatic rings. The molecular weight excluding hydrogens is 464 g/mol. The SMILES string of the molecule is CCOC(=O)C[C@@H](NC(=O)CCc1c(C)nc2c(-c3ccccc3)c(C)nn2c1C)c1ccc(C)cc1. The van der Waals surface area contributed by atoms with E-state index in [-0.39, 0.29) is 24.7 Å². The lowest BCUT2D eigenvalue weighted by Crippen LogP contribution is -2.31. The van der Waals surface area contributed by atoms with Crippen molar-refractivity contribution >= 4 is 17.5 Å². The van der Waals surface area contributed by atoms with E-state index in [4.69, 9.17) is 14.8 Å². The molecule has 7 nitrogen and oxygen atoms in total. The summed E-state index contributed by atoms with van der Waals surface area (Å²) in [5.74, 6) is -0.464. The highest BCUT2D eigenvalue weighted by Crippen LogP contribution is 2.29. The molecular formula is C30H34N4O3. The number of hydrogen-bond donors (Lipinski definition) is 1. The van der Waals surface area contributed by atoms with Crippen LogP contribution in [0.1, 0.15) is 59.6 Å². The van der Waals surface area contributed by atoms with Crippen LogP contribution in [0, 0.1) is 27.7 Å². The van der Waals surface area contributed by atoms with Gasteiger partial charge in [-0.3, -0.25) is 9.59 Å². The Morgan fingerprint density at radius 2 is 1.68 bits per heavy atom. The molecule has 0 aliphatic rings. The standard InChI is InChI=1S/C30H34N4O3/c1-6-37-28(36)18-26(23-14-12-19(2)13-15-23)32-27(35)17-16-25-20(3)31-30-29(24-10-8-7-9-11-24)21(4)33-34(30)22(25)5/h7-15,26H,6,16-18H2,1-5H3,(H,32,35)/t26-/m1/s1. The van der Waals surface area contributed by atoms with Gasteiger partial charge in [-0.1, -0.05) is 60.2 Å². The van der Waals surface area contributed by atoms with Crippen LogP contribution < -0.4 is 5.32 Å². The molecule has 0 saturated carbocycles. The first-order valence-corrected chi connectivity index (χ1v) is 12.7. The molecule has 192 valence electrons. The zero-order valence-corrected chi connectivity index (χ0v) is 22.2. The summed E-state index contributed by atoms with van der Waals surface area (Å²) in [7, 11) is 0. The largest absolute Gasteiger partial charge is 0.466 e. The van der Waals surface area contributed by atoms with Crippen LogP contribution in [0.3, 0.4) is 0 Å². The van der Waals surface area contributed by atoms with Gasteiger partial charge in [-0.15, -0.1) is 0 Å². The maximum Gasteiger partial charge on any atom is 0.308 e. The predicted octanol–water partition coefficient (Wildman–Crippen LogP) is 5.37. The van der Waals surface area contributed by atoms with Crippen molar-refractivity contribution in [3.8, 4) is 11.1 Å². The van der Waals surface area contributed by atoms with Gasteiger partial charge in [0.1, 0.15) is 0 Å². The highest BCUT2D eigenvalue weighted by molar-refractivity contribution is 5.81. The number of amides is 1. The molecule has 7 heteroatoms. The molecule has 0 unspecified atom stereocenters. The van der Waals surface area contributed by atoms with Gasteiger partial charge in [0.05, 0.1) is 24.8 Å². The van der Waals surface area contributed by atoms with Crippen LogP contribution in [0.2, 0.25) is 0 Å². The summed E-state index contributed by atoms with van der Waals surface area (Å²) in [6, 6.07) is 17.5. The number of benzene rings is 2. The zero-order chi connectivity index (χ0) is 26.5. The fourth-order valence-corrected chi connectivity index (χ4v) is 4.72. The number of fused-ring (bicyclic) bond motifs is 1. The van der Waals surface area contributed by atoms with E-state index in [0.717, 1.165) is 50.5 Å². The van der Waals surface area contributed by atoms with Crippen molar-refractivity contribution in [2.75, 3.05) is 6.61 Å². The van der Waals surface area contributed by atoms with Gasteiger partial charge in [-0.2, -0.15) is 5.10 Å². The molecule has 0 bridgehead atoms. The molecule has 0 aliphatic carbocycles. The maximum atomic E-state index is 13.0. The second-order valence-electron chi connectivity index (χ2n) is 9.36. The van der Waals surface area contributed by atoms with Gasteiger partial charge >= 0.3 is 5.97 Å². The van der Waals surface area contributed by atoms with Crippen LogP contribution in [0.25, 0.3) is 16.8 Å². The Morgan fingerprint density at radius 1 is 0.973 bits per heavy atom. The van der Waals surface area contributed by atoms with Crippen molar-refractivity contribution in [3.63, 3.8) is 0 Å². The minimum atomic E-state index is -0.447. The maximum absolute atomic E-state index is 13.0. The molecule has 1 atom stereocenters. The number of hydrogen-bond acceptors (Lipinski definition) is 5. The van der Waals surface area contributed by atoms with Crippen molar-refractivity contribution in [1.29, 1.82) is 0 Å². The van der Waals surface area contributed by atoms with E-state index < -0.39 is 6.04 Å². The highest BCUT2D eigenvalue weighted by atomic mass is 16.5. The van der Waals surface area contributed by atoms with Gasteiger partial charge in [0.15, 0.2) is 5.65 Å². The molecule has 0 fully saturated rings. The van der Waals surface area contributed by atoms with E-state index in [1.54, 1.807) is 6.92 Å². The van der Waals surface area contributed by atoms with Crippen LogP contribution in [0.5, 0.6) is 0 Å². The summed E-state index contributed by atoms with van der Waals surface area (Å²) in [4.78, 5) is 30.1. The molecule has 0 saturated heterocycles. The van der Waals surface area contributed by atoms with Gasteiger partial charge in [0, 0.05) is 23.4 Å². The van der Waals surface area contributed by atoms with Crippen molar-refractivity contribution in [2.24, 2.45) is 0 Å². The quantitative estimate of drug-likeness (QED) is 0.314. The number of aryl methyl sites for hydroxylation is 4. The Balaban J connectivity index is 1.53. The Labute approximate surface area is 217 Å². The fourth-order valence-electron chi connectivity index (χ4n) is 4.72. The summed E-state index contributed by atoms with van der Waals surface area (Å²) in [6.07, 6.45) is 0.876. The molecule has 2 aromatic carbocycles. The number of carbonyl (C=O) groups excluding carboxylic acids is 2.